The van der Waals surface area contributed by atoms with Gasteiger partial charge in [-0.3, -0.25) is 0 Å². The lowest BCUT2D eigenvalue weighted by atomic mass is 10.0. The van der Waals surface area contributed by atoms with E-state index in [2.05, 4.69) is 0 Å². The summed E-state index contributed by atoms with van der Waals surface area (Å²) in [7, 11) is -1.50. The number of rotatable bonds is 5. The Kier molecular flexibility index (Phi) is 5.43. The first-order valence-corrected chi connectivity index (χ1v) is 12.3. The van der Waals surface area contributed by atoms with Gasteiger partial charge in [0.2, 0.25) is 0 Å². The smallest absolute Gasteiger partial charge is 0.173 e. The van der Waals surface area contributed by atoms with Crippen LogP contribution in [-0.4, -0.2) is 7.11 Å². The maximum atomic E-state index is 15.2. The topological polar surface area (TPSA) is 35.5 Å². The van der Waals surface area contributed by atoms with Crippen LogP contribution in [0.5, 0.6) is 11.5 Å². The van der Waals surface area contributed by atoms with Crippen LogP contribution in [-0.2, 0) is 4.57 Å². The minimum atomic E-state index is -3.13. The summed E-state index contributed by atoms with van der Waals surface area (Å²) < 4.78 is 27.1. The molecule has 0 saturated carbocycles. The van der Waals surface area contributed by atoms with Gasteiger partial charge in [0.25, 0.3) is 0 Å². The van der Waals surface area contributed by atoms with E-state index in [1.54, 1.807) is 7.11 Å². The fraction of sp³-hybridized carbons (Fsp3) is 0.0714. The molecule has 0 fully saturated rings. The standard InChI is InChI=1S/C28H23O3P/c1-30-25-19-11-18-24-27(20-26(31-28(24)25)21-12-5-2-6-13-21)32(29,22-14-7-3-8-15-22)23-16-9-4-10-17-23/h2-20,27H,1H3. The van der Waals surface area contributed by atoms with Crippen molar-refractivity contribution in [3.63, 3.8) is 0 Å². The first kappa shape index (κ1) is 20.4. The lowest BCUT2D eigenvalue weighted by Crippen LogP contribution is -2.23. The average Bonchev–Trinajstić information content (AvgIpc) is 2.88. The lowest BCUT2D eigenvalue weighted by Gasteiger charge is -2.32. The molecular formula is C28H23O3P. The van der Waals surface area contributed by atoms with E-state index in [1.807, 2.05) is 115 Å². The Morgan fingerprint density at radius 1 is 0.719 bits per heavy atom. The van der Waals surface area contributed by atoms with E-state index in [0.717, 1.165) is 21.7 Å². The van der Waals surface area contributed by atoms with Crippen molar-refractivity contribution in [2.24, 2.45) is 0 Å². The van der Waals surface area contributed by atoms with Gasteiger partial charge in [0.15, 0.2) is 18.6 Å². The molecule has 1 aliphatic heterocycles. The maximum Gasteiger partial charge on any atom is 0.173 e. The molecule has 0 N–H and O–H groups in total. The van der Waals surface area contributed by atoms with Gasteiger partial charge in [-0.1, -0.05) is 103 Å². The average molecular weight is 438 g/mol. The quantitative estimate of drug-likeness (QED) is 0.349. The highest BCUT2D eigenvalue weighted by Gasteiger charge is 2.41. The summed E-state index contributed by atoms with van der Waals surface area (Å²) in [5.74, 6) is 1.93. The molecule has 1 aliphatic rings. The fourth-order valence-electron chi connectivity index (χ4n) is 4.24. The van der Waals surface area contributed by atoms with Crippen molar-refractivity contribution in [3.05, 3.63) is 126 Å². The third-order valence-electron chi connectivity index (χ3n) is 5.80. The van der Waals surface area contributed by atoms with Crippen molar-refractivity contribution in [1.29, 1.82) is 0 Å². The Labute approximate surface area is 188 Å². The molecule has 0 radical (unpaired) electrons. The molecule has 0 amide bonds. The molecule has 1 unspecified atom stereocenters. The molecule has 0 saturated heterocycles. The molecule has 1 heterocycles. The predicted octanol–water partition coefficient (Wildman–Crippen LogP) is 6.18. The fourth-order valence-corrected chi connectivity index (χ4v) is 7.35. The minimum Gasteiger partial charge on any atom is -0.493 e. The molecule has 4 heteroatoms. The van der Waals surface area contributed by atoms with Crippen molar-refractivity contribution in [2.75, 3.05) is 7.11 Å². The predicted molar refractivity (Wildman–Crippen MR) is 131 cm³/mol. The number of fused-ring (bicyclic) bond motifs is 1. The van der Waals surface area contributed by atoms with Crippen molar-refractivity contribution in [3.8, 4) is 11.5 Å². The zero-order valence-electron chi connectivity index (χ0n) is 17.7. The summed E-state index contributed by atoms with van der Waals surface area (Å²) in [6.45, 7) is 0. The van der Waals surface area contributed by atoms with Crippen molar-refractivity contribution < 1.29 is 14.0 Å². The van der Waals surface area contributed by atoms with E-state index in [1.165, 1.54) is 0 Å². The van der Waals surface area contributed by atoms with Crippen molar-refractivity contribution >= 4 is 23.5 Å². The third kappa shape index (κ3) is 3.45. The third-order valence-corrected chi connectivity index (χ3v) is 9.14. The molecular weight excluding hydrogens is 415 g/mol. The highest BCUT2D eigenvalue weighted by molar-refractivity contribution is 7.79. The molecule has 0 spiro atoms. The van der Waals surface area contributed by atoms with Gasteiger partial charge in [0.05, 0.1) is 12.8 Å². The Morgan fingerprint density at radius 3 is 1.84 bits per heavy atom. The van der Waals surface area contributed by atoms with Crippen molar-refractivity contribution in [1.82, 2.24) is 0 Å². The summed E-state index contributed by atoms with van der Waals surface area (Å²) >= 11 is 0. The molecule has 5 rings (SSSR count). The van der Waals surface area contributed by atoms with Gasteiger partial charge < -0.3 is 14.0 Å². The van der Waals surface area contributed by atoms with Gasteiger partial charge in [-0.25, -0.2) is 0 Å². The normalized spacial score (nSPS) is 15.3. The summed E-state index contributed by atoms with van der Waals surface area (Å²) in [4.78, 5) is 0. The Bertz CT molecular complexity index is 1260. The lowest BCUT2D eigenvalue weighted by molar-refractivity contribution is 0.381. The van der Waals surface area contributed by atoms with Gasteiger partial charge in [-0.15, -0.1) is 0 Å². The van der Waals surface area contributed by atoms with Crippen LogP contribution in [0.25, 0.3) is 5.76 Å². The van der Waals surface area contributed by atoms with Gasteiger partial charge in [0, 0.05) is 21.7 Å². The minimum absolute atomic E-state index is 0.402. The SMILES string of the molecule is COc1cccc2c1OC(c1ccccc1)=CC2P(=O)(c1ccccc1)c1ccccc1. The molecule has 0 aromatic heterocycles. The molecule has 1 atom stereocenters. The van der Waals surface area contributed by atoms with E-state index < -0.39 is 12.8 Å². The molecule has 32 heavy (non-hydrogen) atoms. The molecule has 4 aromatic carbocycles. The van der Waals surface area contributed by atoms with Crippen LogP contribution in [0.15, 0.2) is 115 Å². The number of hydrogen-bond donors (Lipinski definition) is 0. The second-order valence-corrected chi connectivity index (χ2v) is 10.6. The van der Waals surface area contributed by atoms with Gasteiger partial charge in [-0.2, -0.15) is 0 Å². The molecule has 4 aromatic rings. The molecule has 0 aliphatic carbocycles. The number of para-hydroxylation sites is 1. The van der Waals surface area contributed by atoms with Crippen LogP contribution in [0.3, 0.4) is 0 Å². The van der Waals surface area contributed by atoms with Gasteiger partial charge in [0.1, 0.15) is 5.76 Å². The first-order chi connectivity index (χ1) is 15.7. The van der Waals surface area contributed by atoms with E-state index >= 15 is 4.57 Å². The number of ether oxygens (including phenoxy) is 2. The van der Waals surface area contributed by atoms with E-state index in [-0.39, 0.29) is 0 Å². The van der Waals surface area contributed by atoms with Crippen LogP contribution in [0.1, 0.15) is 16.8 Å². The number of hydrogen-bond acceptors (Lipinski definition) is 3. The summed E-state index contributed by atoms with van der Waals surface area (Å²) in [6, 6.07) is 35.2. The maximum absolute atomic E-state index is 15.2. The largest absolute Gasteiger partial charge is 0.493 e. The second kappa shape index (κ2) is 8.53. The zero-order chi connectivity index (χ0) is 22.0. The van der Waals surface area contributed by atoms with Gasteiger partial charge >= 0.3 is 0 Å². The summed E-state index contributed by atoms with van der Waals surface area (Å²) in [5, 5.41) is 1.63. The van der Waals surface area contributed by atoms with Crippen LogP contribution >= 0.6 is 7.14 Å². The monoisotopic (exact) mass is 438 g/mol. The van der Waals surface area contributed by atoms with E-state index in [4.69, 9.17) is 9.47 Å². The number of allylic oxidation sites excluding steroid dienone is 1. The summed E-state index contributed by atoms with van der Waals surface area (Å²) in [6.07, 6.45) is 2.01. The second-order valence-electron chi connectivity index (χ2n) is 7.65. The van der Waals surface area contributed by atoms with Crippen LogP contribution in [0, 0.1) is 0 Å². The summed E-state index contributed by atoms with van der Waals surface area (Å²) in [5.41, 5.74) is 1.39. The molecule has 0 bridgehead atoms. The zero-order valence-corrected chi connectivity index (χ0v) is 18.6. The Balaban J connectivity index is 1.80. The van der Waals surface area contributed by atoms with E-state index in [0.29, 0.717) is 17.3 Å². The van der Waals surface area contributed by atoms with Crippen LogP contribution < -0.4 is 20.1 Å². The first-order valence-electron chi connectivity index (χ1n) is 10.5. The highest BCUT2D eigenvalue weighted by atomic mass is 31.2. The highest BCUT2D eigenvalue weighted by Crippen LogP contribution is 2.62. The Morgan fingerprint density at radius 2 is 1.28 bits per heavy atom. The number of methoxy groups -OCH3 is 1. The van der Waals surface area contributed by atoms with E-state index in [9.17, 15) is 0 Å². The molecule has 3 nitrogen and oxygen atoms in total. The van der Waals surface area contributed by atoms with Gasteiger partial charge in [-0.05, 0) is 12.1 Å². The van der Waals surface area contributed by atoms with Crippen molar-refractivity contribution in [2.45, 2.75) is 5.66 Å². The molecule has 158 valence electrons. The van der Waals surface area contributed by atoms with Crippen LogP contribution in [0.4, 0.5) is 0 Å². The number of benzene rings is 4. The Hall–Kier alpha value is -3.55. The van der Waals surface area contributed by atoms with Crippen LogP contribution in [0.2, 0.25) is 0 Å².